The van der Waals surface area contributed by atoms with E-state index in [0.29, 0.717) is 6.04 Å². The average molecular weight is 296 g/mol. The van der Waals surface area contributed by atoms with Crippen molar-refractivity contribution >= 4 is 11.3 Å². The maximum Gasteiger partial charge on any atom is 0.0506 e. The van der Waals surface area contributed by atoms with Crippen LogP contribution in [0.5, 0.6) is 0 Å². The highest BCUT2D eigenvalue weighted by Gasteiger charge is 2.16. The summed E-state index contributed by atoms with van der Waals surface area (Å²) in [6.07, 6.45) is 2.54. The number of thiophene rings is 1. The molecule has 1 aliphatic heterocycles. The van der Waals surface area contributed by atoms with Crippen molar-refractivity contribution in [2.45, 2.75) is 45.8 Å². The predicted octanol–water partition coefficient (Wildman–Crippen LogP) is 3.10. The van der Waals surface area contributed by atoms with E-state index in [0.717, 1.165) is 38.8 Å². The van der Waals surface area contributed by atoms with Crippen LogP contribution in [0.3, 0.4) is 0 Å². The topological polar surface area (TPSA) is 24.5 Å². The van der Waals surface area contributed by atoms with E-state index in [2.05, 4.69) is 43.2 Å². The lowest BCUT2D eigenvalue weighted by atomic mass is 10.0. The standard InChI is InChI=1S/C16H28N2OS/c1-13(2)17-9-15-6-7-16(20-15)11-18(3)10-14-5-4-8-19-12-14/h6-7,13-14,17H,4-5,8-12H2,1-3H3. The van der Waals surface area contributed by atoms with Crippen LogP contribution in [0, 0.1) is 5.92 Å². The summed E-state index contributed by atoms with van der Waals surface area (Å²) in [5.41, 5.74) is 0. The number of hydrogen-bond acceptors (Lipinski definition) is 4. The Balaban J connectivity index is 1.74. The maximum atomic E-state index is 5.56. The molecule has 1 unspecified atom stereocenters. The van der Waals surface area contributed by atoms with Crippen molar-refractivity contribution in [2.24, 2.45) is 5.92 Å². The number of nitrogens with one attached hydrogen (secondary N) is 1. The zero-order valence-corrected chi connectivity index (χ0v) is 13.8. The third-order valence-corrected chi connectivity index (χ3v) is 4.72. The highest BCUT2D eigenvalue weighted by Crippen LogP contribution is 2.20. The van der Waals surface area contributed by atoms with E-state index >= 15 is 0 Å². The van der Waals surface area contributed by atoms with Gasteiger partial charge in [-0.2, -0.15) is 0 Å². The van der Waals surface area contributed by atoms with Gasteiger partial charge in [0.1, 0.15) is 0 Å². The fraction of sp³-hybridized carbons (Fsp3) is 0.750. The van der Waals surface area contributed by atoms with Crippen LogP contribution in [0.4, 0.5) is 0 Å². The smallest absolute Gasteiger partial charge is 0.0506 e. The highest BCUT2D eigenvalue weighted by molar-refractivity contribution is 7.11. The molecule has 1 saturated heterocycles. The third-order valence-electron chi connectivity index (χ3n) is 3.65. The van der Waals surface area contributed by atoms with Crippen LogP contribution in [-0.4, -0.2) is 37.7 Å². The molecule has 1 aliphatic rings. The Morgan fingerprint density at radius 2 is 2.20 bits per heavy atom. The Morgan fingerprint density at radius 1 is 1.40 bits per heavy atom. The molecule has 1 N–H and O–H groups in total. The summed E-state index contributed by atoms with van der Waals surface area (Å²) in [7, 11) is 2.22. The van der Waals surface area contributed by atoms with Gasteiger partial charge >= 0.3 is 0 Å². The van der Waals surface area contributed by atoms with E-state index < -0.39 is 0 Å². The lowest BCUT2D eigenvalue weighted by Gasteiger charge is -2.26. The van der Waals surface area contributed by atoms with Crippen molar-refractivity contribution in [3.63, 3.8) is 0 Å². The lowest BCUT2D eigenvalue weighted by molar-refractivity contribution is 0.0413. The summed E-state index contributed by atoms with van der Waals surface area (Å²) in [4.78, 5) is 5.33. The van der Waals surface area contributed by atoms with E-state index in [9.17, 15) is 0 Å². The van der Waals surface area contributed by atoms with Crippen molar-refractivity contribution in [3.05, 3.63) is 21.9 Å². The van der Waals surface area contributed by atoms with Gasteiger partial charge in [-0.3, -0.25) is 0 Å². The molecule has 2 rings (SSSR count). The molecular weight excluding hydrogens is 268 g/mol. The molecule has 0 aliphatic carbocycles. The second-order valence-electron chi connectivity index (χ2n) is 6.18. The van der Waals surface area contributed by atoms with Gasteiger partial charge in [-0.25, -0.2) is 0 Å². The Kier molecular flexibility index (Phi) is 6.49. The monoisotopic (exact) mass is 296 g/mol. The minimum absolute atomic E-state index is 0.550. The first-order valence-corrected chi connectivity index (χ1v) is 8.52. The molecule has 1 atom stereocenters. The highest BCUT2D eigenvalue weighted by atomic mass is 32.1. The molecule has 0 saturated carbocycles. The molecule has 0 aromatic carbocycles. The van der Waals surface area contributed by atoms with Gasteiger partial charge in [0.15, 0.2) is 0 Å². The summed E-state index contributed by atoms with van der Waals surface area (Å²) < 4.78 is 5.56. The molecule has 1 fully saturated rings. The Bertz CT molecular complexity index is 386. The first-order chi connectivity index (χ1) is 9.63. The van der Waals surface area contributed by atoms with Gasteiger partial charge in [0.25, 0.3) is 0 Å². The fourth-order valence-corrected chi connectivity index (χ4v) is 3.68. The van der Waals surface area contributed by atoms with Crippen molar-refractivity contribution in [2.75, 3.05) is 26.8 Å². The maximum absolute atomic E-state index is 5.56. The molecular formula is C16H28N2OS. The molecule has 4 heteroatoms. The number of ether oxygens (including phenoxy) is 1. The number of rotatable bonds is 7. The van der Waals surface area contributed by atoms with Crippen molar-refractivity contribution in [1.29, 1.82) is 0 Å². The van der Waals surface area contributed by atoms with E-state index in [1.807, 2.05) is 11.3 Å². The first-order valence-electron chi connectivity index (χ1n) is 7.70. The minimum Gasteiger partial charge on any atom is -0.381 e. The average Bonchev–Trinajstić information content (AvgIpc) is 2.85. The molecule has 0 bridgehead atoms. The van der Waals surface area contributed by atoms with Crippen molar-refractivity contribution in [1.82, 2.24) is 10.2 Å². The van der Waals surface area contributed by atoms with Crippen LogP contribution < -0.4 is 5.32 Å². The summed E-state index contributed by atoms with van der Waals surface area (Å²) >= 11 is 1.93. The second-order valence-corrected chi connectivity index (χ2v) is 7.44. The lowest BCUT2D eigenvalue weighted by Crippen LogP contribution is -2.30. The Hall–Kier alpha value is -0.420. The van der Waals surface area contributed by atoms with Gasteiger partial charge in [-0.05, 0) is 37.9 Å². The molecule has 114 valence electrons. The van der Waals surface area contributed by atoms with Gasteiger partial charge < -0.3 is 15.0 Å². The largest absolute Gasteiger partial charge is 0.381 e. The van der Waals surface area contributed by atoms with Gasteiger partial charge in [0, 0.05) is 42.0 Å². The quantitative estimate of drug-likeness (QED) is 0.837. The predicted molar refractivity (Wildman–Crippen MR) is 86.2 cm³/mol. The number of hydrogen-bond donors (Lipinski definition) is 1. The van der Waals surface area contributed by atoms with E-state index in [1.54, 1.807) is 0 Å². The molecule has 20 heavy (non-hydrogen) atoms. The number of nitrogens with zero attached hydrogens (tertiary/aromatic N) is 1. The molecule has 3 nitrogen and oxygen atoms in total. The normalized spacial score (nSPS) is 19.9. The van der Waals surface area contributed by atoms with Crippen LogP contribution in [0.15, 0.2) is 12.1 Å². The van der Waals surface area contributed by atoms with Crippen LogP contribution in [0.25, 0.3) is 0 Å². The third kappa shape index (κ3) is 5.52. The van der Waals surface area contributed by atoms with Crippen molar-refractivity contribution in [3.8, 4) is 0 Å². The van der Waals surface area contributed by atoms with Gasteiger partial charge in [-0.1, -0.05) is 13.8 Å². The zero-order chi connectivity index (χ0) is 14.4. The van der Waals surface area contributed by atoms with Gasteiger partial charge in [-0.15, -0.1) is 11.3 Å². The summed E-state index contributed by atoms with van der Waals surface area (Å²) in [5.74, 6) is 0.718. The molecule has 2 heterocycles. The van der Waals surface area contributed by atoms with Crippen LogP contribution >= 0.6 is 11.3 Å². The summed E-state index contributed by atoms with van der Waals surface area (Å²) in [6.45, 7) is 9.47. The van der Waals surface area contributed by atoms with E-state index in [4.69, 9.17) is 4.74 Å². The summed E-state index contributed by atoms with van der Waals surface area (Å²) in [5, 5.41) is 3.47. The van der Waals surface area contributed by atoms with Gasteiger partial charge in [0.2, 0.25) is 0 Å². The van der Waals surface area contributed by atoms with Crippen LogP contribution in [-0.2, 0) is 17.8 Å². The second kappa shape index (κ2) is 8.13. The first kappa shape index (κ1) is 16.0. The fourth-order valence-electron chi connectivity index (χ4n) is 2.63. The van der Waals surface area contributed by atoms with E-state index in [1.165, 1.54) is 22.6 Å². The van der Waals surface area contributed by atoms with E-state index in [-0.39, 0.29) is 0 Å². The zero-order valence-electron chi connectivity index (χ0n) is 13.0. The van der Waals surface area contributed by atoms with Crippen LogP contribution in [0.2, 0.25) is 0 Å². The van der Waals surface area contributed by atoms with Crippen LogP contribution in [0.1, 0.15) is 36.4 Å². The molecule has 1 aromatic rings. The molecule has 0 amide bonds. The SMILES string of the molecule is CC(C)NCc1ccc(CN(C)CC2CCCOC2)s1. The Labute approximate surface area is 127 Å². The molecule has 0 radical (unpaired) electrons. The molecule has 0 spiro atoms. The minimum atomic E-state index is 0.550. The molecule has 1 aromatic heterocycles. The summed E-state index contributed by atoms with van der Waals surface area (Å²) in [6, 6.07) is 5.08. The Morgan fingerprint density at radius 3 is 2.90 bits per heavy atom. The van der Waals surface area contributed by atoms with Gasteiger partial charge in [0.05, 0.1) is 6.61 Å². The van der Waals surface area contributed by atoms with Crippen molar-refractivity contribution < 1.29 is 4.74 Å².